The predicted molar refractivity (Wildman–Crippen MR) is 117 cm³/mol. The molecule has 2 aromatic carbocycles. The van der Waals surface area contributed by atoms with Crippen LogP contribution in [-0.4, -0.2) is 34.0 Å². The number of fused-ring (bicyclic) bond motifs is 1. The second-order valence-corrected chi connectivity index (χ2v) is 7.45. The first kappa shape index (κ1) is 19.9. The second-order valence-electron chi connectivity index (χ2n) is 7.45. The van der Waals surface area contributed by atoms with Gasteiger partial charge in [0.2, 0.25) is 18.5 Å². The van der Waals surface area contributed by atoms with Crippen LogP contribution in [0.3, 0.4) is 0 Å². The molecule has 0 fully saturated rings. The van der Waals surface area contributed by atoms with Crippen molar-refractivity contribution in [2.24, 2.45) is 0 Å². The zero-order valence-corrected chi connectivity index (χ0v) is 17.4. The third kappa shape index (κ3) is 4.34. The fourth-order valence-corrected chi connectivity index (χ4v) is 3.60. The molecular formula is C24H22N4O4. The molecule has 162 valence electrons. The third-order valence-electron chi connectivity index (χ3n) is 5.23. The number of benzene rings is 2. The highest BCUT2D eigenvalue weighted by molar-refractivity contribution is 5.76. The van der Waals surface area contributed by atoms with Gasteiger partial charge < -0.3 is 23.9 Å². The second kappa shape index (κ2) is 8.97. The summed E-state index contributed by atoms with van der Waals surface area (Å²) >= 11 is 0. The topological polar surface area (TPSA) is 91.4 Å². The molecule has 0 spiro atoms. The Morgan fingerprint density at radius 2 is 1.91 bits per heavy atom. The van der Waals surface area contributed by atoms with E-state index in [1.807, 2.05) is 54.7 Å². The Morgan fingerprint density at radius 3 is 2.81 bits per heavy atom. The SMILES string of the molecule is O=C(Cn1cccc1-c1nc(-c2ccc3c(c2)OCO3)no1)NCCCc1ccccc1. The highest BCUT2D eigenvalue weighted by Crippen LogP contribution is 2.35. The van der Waals surface area contributed by atoms with E-state index in [9.17, 15) is 4.79 Å². The Balaban J connectivity index is 1.20. The van der Waals surface area contributed by atoms with Crippen LogP contribution in [0.1, 0.15) is 12.0 Å². The van der Waals surface area contributed by atoms with Gasteiger partial charge in [-0.1, -0.05) is 35.5 Å². The predicted octanol–water partition coefficient (Wildman–Crippen LogP) is 3.68. The lowest BCUT2D eigenvalue weighted by Gasteiger charge is -2.08. The summed E-state index contributed by atoms with van der Waals surface area (Å²) in [6.07, 6.45) is 3.64. The normalized spacial score (nSPS) is 12.1. The van der Waals surface area contributed by atoms with Gasteiger partial charge in [-0.3, -0.25) is 4.79 Å². The fourth-order valence-electron chi connectivity index (χ4n) is 3.60. The van der Waals surface area contributed by atoms with E-state index in [-0.39, 0.29) is 19.2 Å². The molecule has 0 aliphatic carbocycles. The van der Waals surface area contributed by atoms with Gasteiger partial charge in [-0.15, -0.1) is 0 Å². The van der Waals surface area contributed by atoms with E-state index in [2.05, 4.69) is 27.6 Å². The van der Waals surface area contributed by atoms with Crippen LogP contribution >= 0.6 is 0 Å². The Bertz CT molecular complexity index is 1220. The van der Waals surface area contributed by atoms with Crippen molar-refractivity contribution in [3.63, 3.8) is 0 Å². The number of nitrogens with one attached hydrogen (secondary N) is 1. The van der Waals surface area contributed by atoms with Gasteiger partial charge in [-0.25, -0.2) is 0 Å². The zero-order chi connectivity index (χ0) is 21.8. The molecule has 1 amide bonds. The highest BCUT2D eigenvalue weighted by atomic mass is 16.7. The van der Waals surface area contributed by atoms with Gasteiger partial charge in [0.1, 0.15) is 12.2 Å². The molecule has 1 N–H and O–H groups in total. The average Bonchev–Trinajstić information content (AvgIpc) is 3.57. The van der Waals surface area contributed by atoms with E-state index in [0.29, 0.717) is 35.5 Å². The minimum absolute atomic E-state index is 0.0639. The van der Waals surface area contributed by atoms with Crippen molar-refractivity contribution in [1.82, 2.24) is 20.0 Å². The summed E-state index contributed by atoms with van der Waals surface area (Å²) in [5.41, 5.74) is 2.71. The first-order valence-corrected chi connectivity index (χ1v) is 10.5. The number of nitrogens with zero attached hydrogens (tertiary/aromatic N) is 3. The maximum atomic E-state index is 12.4. The molecular weight excluding hydrogens is 408 g/mol. The van der Waals surface area contributed by atoms with Crippen LogP contribution in [0.5, 0.6) is 11.5 Å². The maximum absolute atomic E-state index is 12.4. The molecule has 0 atom stereocenters. The molecule has 0 radical (unpaired) electrons. The van der Waals surface area contributed by atoms with E-state index in [4.69, 9.17) is 14.0 Å². The summed E-state index contributed by atoms with van der Waals surface area (Å²) in [7, 11) is 0. The van der Waals surface area contributed by atoms with Crippen LogP contribution in [0.4, 0.5) is 0 Å². The monoisotopic (exact) mass is 430 g/mol. The number of aromatic nitrogens is 3. The van der Waals surface area contributed by atoms with Gasteiger partial charge in [-0.2, -0.15) is 4.98 Å². The Hall–Kier alpha value is -4.07. The third-order valence-corrected chi connectivity index (χ3v) is 5.23. The first-order valence-electron chi connectivity index (χ1n) is 10.5. The fraction of sp³-hybridized carbons (Fsp3) is 0.208. The number of rotatable bonds is 8. The van der Waals surface area contributed by atoms with Gasteiger partial charge >= 0.3 is 0 Å². The minimum Gasteiger partial charge on any atom is -0.454 e. The van der Waals surface area contributed by atoms with Crippen molar-refractivity contribution >= 4 is 5.91 Å². The van der Waals surface area contributed by atoms with Gasteiger partial charge in [0.15, 0.2) is 11.5 Å². The van der Waals surface area contributed by atoms with Crippen molar-refractivity contribution in [2.75, 3.05) is 13.3 Å². The van der Waals surface area contributed by atoms with Crippen LogP contribution in [0.2, 0.25) is 0 Å². The van der Waals surface area contributed by atoms with Crippen molar-refractivity contribution in [2.45, 2.75) is 19.4 Å². The van der Waals surface area contributed by atoms with Gasteiger partial charge in [0.25, 0.3) is 5.89 Å². The Kier molecular flexibility index (Phi) is 5.57. The smallest absolute Gasteiger partial charge is 0.274 e. The lowest BCUT2D eigenvalue weighted by atomic mass is 10.1. The molecule has 1 aliphatic rings. The summed E-state index contributed by atoms with van der Waals surface area (Å²) in [6, 6.07) is 19.4. The summed E-state index contributed by atoms with van der Waals surface area (Å²) < 4.78 is 18.0. The Morgan fingerprint density at radius 1 is 1.03 bits per heavy atom. The molecule has 5 rings (SSSR count). The number of hydrogen-bond donors (Lipinski definition) is 1. The minimum atomic E-state index is -0.0639. The van der Waals surface area contributed by atoms with E-state index < -0.39 is 0 Å². The van der Waals surface area contributed by atoms with E-state index in [0.717, 1.165) is 18.4 Å². The van der Waals surface area contributed by atoms with Crippen molar-refractivity contribution in [1.29, 1.82) is 0 Å². The van der Waals surface area contributed by atoms with Crippen molar-refractivity contribution in [3.05, 3.63) is 72.4 Å². The molecule has 0 unspecified atom stereocenters. The van der Waals surface area contributed by atoms with Crippen molar-refractivity contribution < 1.29 is 18.8 Å². The largest absolute Gasteiger partial charge is 0.454 e. The molecule has 3 heterocycles. The zero-order valence-electron chi connectivity index (χ0n) is 17.4. The molecule has 4 aromatic rings. The van der Waals surface area contributed by atoms with Crippen LogP contribution < -0.4 is 14.8 Å². The maximum Gasteiger partial charge on any atom is 0.274 e. The molecule has 32 heavy (non-hydrogen) atoms. The Labute approximate surface area is 184 Å². The standard InChI is InChI=1S/C24H22N4O4/c29-22(25-12-4-8-17-6-2-1-3-7-17)15-28-13-5-9-19(28)24-26-23(27-32-24)18-10-11-20-21(14-18)31-16-30-20/h1-3,5-7,9-11,13-14H,4,8,12,15-16H2,(H,25,29). The van der Waals surface area contributed by atoms with Crippen LogP contribution in [0.25, 0.3) is 23.0 Å². The van der Waals surface area contributed by atoms with E-state index >= 15 is 0 Å². The molecule has 0 bridgehead atoms. The summed E-state index contributed by atoms with van der Waals surface area (Å²) in [5, 5.41) is 7.05. The number of aryl methyl sites for hydroxylation is 1. The van der Waals surface area contributed by atoms with E-state index in [1.54, 1.807) is 4.57 Å². The highest BCUT2D eigenvalue weighted by Gasteiger charge is 2.18. The number of ether oxygens (including phenoxy) is 2. The van der Waals surface area contributed by atoms with Gasteiger partial charge in [-0.05, 0) is 48.7 Å². The molecule has 2 aromatic heterocycles. The van der Waals surface area contributed by atoms with Gasteiger partial charge in [0, 0.05) is 18.3 Å². The van der Waals surface area contributed by atoms with Crippen LogP contribution in [0, 0.1) is 0 Å². The van der Waals surface area contributed by atoms with Gasteiger partial charge in [0.05, 0.1) is 0 Å². The molecule has 8 heteroatoms. The number of hydrogen-bond acceptors (Lipinski definition) is 6. The number of carbonyl (C=O) groups is 1. The molecule has 0 saturated carbocycles. The lowest BCUT2D eigenvalue weighted by Crippen LogP contribution is -2.28. The quantitative estimate of drug-likeness (QED) is 0.429. The number of carbonyl (C=O) groups excluding carboxylic acids is 1. The first-order chi connectivity index (χ1) is 15.8. The number of amides is 1. The van der Waals surface area contributed by atoms with E-state index in [1.165, 1.54) is 5.56 Å². The summed E-state index contributed by atoms with van der Waals surface area (Å²) in [5.74, 6) is 2.07. The van der Waals surface area contributed by atoms with Crippen LogP contribution in [0.15, 0.2) is 71.4 Å². The summed E-state index contributed by atoms with van der Waals surface area (Å²) in [6.45, 7) is 1.01. The van der Waals surface area contributed by atoms with Crippen LogP contribution in [-0.2, 0) is 17.8 Å². The molecule has 0 saturated heterocycles. The molecule has 1 aliphatic heterocycles. The molecule has 8 nitrogen and oxygen atoms in total. The lowest BCUT2D eigenvalue weighted by molar-refractivity contribution is -0.121. The van der Waals surface area contributed by atoms with Crippen molar-refractivity contribution in [3.8, 4) is 34.5 Å². The summed E-state index contributed by atoms with van der Waals surface area (Å²) in [4.78, 5) is 16.9. The average molecular weight is 430 g/mol.